The predicted molar refractivity (Wildman–Crippen MR) is 83.2 cm³/mol. The van der Waals surface area contributed by atoms with Gasteiger partial charge in [0.25, 0.3) is 5.91 Å². The molecule has 0 aliphatic rings. The van der Waals surface area contributed by atoms with Crippen LogP contribution in [-0.4, -0.2) is 15.9 Å². The van der Waals surface area contributed by atoms with E-state index in [-0.39, 0.29) is 11.8 Å². The largest absolute Gasteiger partial charge is 0.307 e. The van der Waals surface area contributed by atoms with Crippen LogP contribution in [0.3, 0.4) is 0 Å². The molecule has 0 bridgehead atoms. The molecule has 1 amide bonds. The average molecular weight is 355 g/mol. The van der Waals surface area contributed by atoms with E-state index in [0.29, 0.717) is 21.1 Å². The van der Waals surface area contributed by atoms with Gasteiger partial charge in [0.1, 0.15) is 15.6 Å². The molecule has 0 saturated heterocycles. The van der Waals surface area contributed by atoms with E-state index in [1.807, 2.05) is 13.8 Å². The van der Waals surface area contributed by atoms with E-state index in [2.05, 4.69) is 31.2 Å². The fourth-order valence-electron chi connectivity index (χ4n) is 1.61. The Morgan fingerprint density at radius 1 is 1.30 bits per heavy atom. The van der Waals surface area contributed by atoms with E-state index < -0.39 is 0 Å². The van der Waals surface area contributed by atoms with E-state index >= 15 is 0 Å². The monoisotopic (exact) mass is 353 g/mol. The quantitative estimate of drug-likeness (QED) is 0.838. The molecule has 0 atom stereocenters. The lowest BCUT2D eigenvalue weighted by atomic mass is 10.1. The van der Waals surface area contributed by atoms with Crippen molar-refractivity contribution in [3.05, 3.63) is 51.3 Å². The van der Waals surface area contributed by atoms with Gasteiger partial charge in [0.15, 0.2) is 0 Å². The first kappa shape index (κ1) is 14.9. The van der Waals surface area contributed by atoms with Crippen LogP contribution in [0.15, 0.2) is 34.9 Å². The average Bonchev–Trinajstić information content (AvgIpc) is 2.37. The molecule has 2 heterocycles. The van der Waals surface area contributed by atoms with Crippen LogP contribution in [-0.2, 0) is 0 Å². The number of hydrogen-bond donors (Lipinski definition) is 1. The topological polar surface area (TPSA) is 54.9 Å². The van der Waals surface area contributed by atoms with Gasteiger partial charge in [-0.2, -0.15) is 0 Å². The molecular formula is C14H13BrClN3O. The summed E-state index contributed by atoms with van der Waals surface area (Å²) in [5.74, 6) is 0.412. The minimum Gasteiger partial charge on any atom is -0.307 e. The number of halogens is 2. The summed E-state index contributed by atoms with van der Waals surface area (Å²) in [6, 6.07) is 8.58. The molecule has 4 nitrogen and oxygen atoms in total. The van der Waals surface area contributed by atoms with Gasteiger partial charge in [-0.1, -0.05) is 31.5 Å². The van der Waals surface area contributed by atoms with E-state index in [0.717, 1.165) is 5.69 Å². The Bertz CT molecular complexity index is 646. The van der Waals surface area contributed by atoms with E-state index in [9.17, 15) is 4.79 Å². The SMILES string of the molecule is CC(C)c1cc(C(=O)Nc2cccc(Br)n2)cc(Cl)n1. The van der Waals surface area contributed by atoms with Crippen molar-refractivity contribution in [1.82, 2.24) is 9.97 Å². The fourth-order valence-corrected chi connectivity index (χ4v) is 2.17. The Morgan fingerprint density at radius 3 is 2.70 bits per heavy atom. The number of nitrogens with zero attached hydrogens (tertiary/aromatic N) is 2. The number of rotatable bonds is 3. The molecule has 6 heteroatoms. The molecule has 2 aromatic rings. The van der Waals surface area contributed by atoms with Gasteiger partial charge in [0.05, 0.1) is 0 Å². The molecule has 2 aromatic heterocycles. The van der Waals surface area contributed by atoms with E-state index in [1.54, 1.807) is 30.3 Å². The summed E-state index contributed by atoms with van der Waals surface area (Å²) >= 11 is 9.21. The second-order valence-corrected chi connectivity index (χ2v) is 5.76. The Kier molecular flexibility index (Phi) is 4.73. The second-order valence-electron chi connectivity index (χ2n) is 4.56. The normalized spacial score (nSPS) is 10.7. The minimum absolute atomic E-state index is 0.198. The highest BCUT2D eigenvalue weighted by Crippen LogP contribution is 2.19. The second kappa shape index (κ2) is 6.33. The number of hydrogen-bond acceptors (Lipinski definition) is 3. The van der Waals surface area contributed by atoms with Gasteiger partial charge in [-0.05, 0) is 46.1 Å². The lowest BCUT2D eigenvalue weighted by molar-refractivity contribution is 0.102. The van der Waals surface area contributed by atoms with E-state index in [1.165, 1.54) is 0 Å². The maximum atomic E-state index is 12.2. The molecule has 104 valence electrons. The third-order valence-electron chi connectivity index (χ3n) is 2.62. The smallest absolute Gasteiger partial charge is 0.256 e. The van der Waals surface area contributed by atoms with Gasteiger partial charge in [-0.3, -0.25) is 4.79 Å². The minimum atomic E-state index is -0.262. The summed E-state index contributed by atoms with van der Waals surface area (Å²) in [6.45, 7) is 3.99. The van der Waals surface area contributed by atoms with Crippen LogP contribution in [0.4, 0.5) is 5.82 Å². The maximum absolute atomic E-state index is 12.2. The van der Waals surface area contributed by atoms with Crippen LogP contribution in [0.25, 0.3) is 0 Å². The summed E-state index contributed by atoms with van der Waals surface area (Å²) < 4.78 is 0.658. The lowest BCUT2D eigenvalue weighted by Gasteiger charge is -2.09. The fraction of sp³-hybridized carbons (Fsp3) is 0.214. The van der Waals surface area contributed by atoms with Crippen LogP contribution < -0.4 is 5.32 Å². The van der Waals surface area contributed by atoms with Crippen molar-refractivity contribution in [2.45, 2.75) is 19.8 Å². The number of nitrogens with one attached hydrogen (secondary N) is 1. The van der Waals surface area contributed by atoms with Crippen molar-refractivity contribution in [3.63, 3.8) is 0 Å². The predicted octanol–water partition coefficient (Wildman–Crippen LogP) is 4.27. The van der Waals surface area contributed by atoms with Crippen molar-refractivity contribution >= 4 is 39.3 Å². The lowest BCUT2D eigenvalue weighted by Crippen LogP contribution is -2.14. The number of pyridine rings is 2. The standard InChI is InChI=1S/C14H13BrClN3O/c1-8(2)10-6-9(7-12(16)17-10)14(20)19-13-5-3-4-11(15)18-13/h3-8H,1-2H3,(H,18,19,20). The van der Waals surface area contributed by atoms with Crippen LogP contribution in [0.5, 0.6) is 0 Å². The summed E-state index contributed by atoms with van der Waals surface area (Å²) in [6.07, 6.45) is 0. The Labute approximate surface area is 130 Å². The van der Waals surface area contributed by atoms with Crippen LogP contribution in [0, 0.1) is 0 Å². The van der Waals surface area contributed by atoms with Crippen molar-refractivity contribution in [3.8, 4) is 0 Å². The molecule has 0 radical (unpaired) electrons. The third kappa shape index (κ3) is 3.77. The first-order valence-corrected chi connectivity index (χ1v) is 7.24. The van der Waals surface area contributed by atoms with Gasteiger partial charge in [0.2, 0.25) is 0 Å². The molecule has 0 spiro atoms. The Balaban J connectivity index is 2.25. The zero-order valence-corrected chi connectivity index (χ0v) is 13.4. The van der Waals surface area contributed by atoms with Crippen LogP contribution in [0.1, 0.15) is 35.8 Å². The Morgan fingerprint density at radius 2 is 2.05 bits per heavy atom. The zero-order chi connectivity index (χ0) is 14.7. The van der Waals surface area contributed by atoms with Gasteiger partial charge >= 0.3 is 0 Å². The number of carbonyl (C=O) groups is 1. The van der Waals surface area contributed by atoms with Crippen LogP contribution in [0.2, 0.25) is 5.15 Å². The number of aromatic nitrogens is 2. The highest BCUT2D eigenvalue weighted by molar-refractivity contribution is 9.10. The van der Waals surface area contributed by atoms with Gasteiger partial charge in [-0.15, -0.1) is 0 Å². The number of amides is 1. The van der Waals surface area contributed by atoms with Gasteiger partial charge in [-0.25, -0.2) is 9.97 Å². The van der Waals surface area contributed by atoms with Crippen LogP contribution >= 0.6 is 27.5 Å². The van der Waals surface area contributed by atoms with Crippen molar-refractivity contribution in [1.29, 1.82) is 0 Å². The third-order valence-corrected chi connectivity index (χ3v) is 3.26. The number of carbonyl (C=O) groups excluding carboxylic acids is 1. The number of anilines is 1. The molecule has 1 N–H and O–H groups in total. The summed E-state index contributed by atoms with van der Waals surface area (Å²) in [7, 11) is 0. The molecular weight excluding hydrogens is 342 g/mol. The summed E-state index contributed by atoms with van der Waals surface area (Å²) in [5.41, 5.74) is 1.25. The molecule has 2 rings (SSSR count). The van der Waals surface area contributed by atoms with E-state index in [4.69, 9.17) is 11.6 Å². The van der Waals surface area contributed by atoms with Gasteiger partial charge < -0.3 is 5.32 Å². The Hall–Kier alpha value is -1.46. The molecule has 0 unspecified atom stereocenters. The first-order valence-electron chi connectivity index (χ1n) is 6.07. The molecule has 0 aliphatic carbocycles. The summed E-state index contributed by atoms with van der Waals surface area (Å²) in [4.78, 5) is 20.6. The molecule has 0 aliphatic heterocycles. The zero-order valence-electron chi connectivity index (χ0n) is 11.0. The molecule has 20 heavy (non-hydrogen) atoms. The summed E-state index contributed by atoms with van der Waals surface area (Å²) in [5, 5.41) is 3.03. The molecule has 0 aromatic carbocycles. The van der Waals surface area contributed by atoms with Gasteiger partial charge in [0, 0.05) is 11.3 Å². The highest BCUT2D eigenvalue weighted by Gasteiger charge is 2.12. The highest BCUT2D eigenvalue weighted by atomic mass is 79.9. The molecule has 0 fully saturated rings. The van der Waals surface area contributed by atoms with Crippen molar-refractivity contribution in [2.24, 2.45) is 0 Å². The van der Waals surface area contributed by atoms with Crippen molar-refractivity contribution in [2.75, 3.05) is 5.32 Å². The first-order chi connectivity index (χ1) is 9.45. The molecule has 0 saturated carbocycles. The van der Waals surface area contributed by atoms with Crippen molar-refractivity contribution < 1.29 is 4.79 Å². The maximum Gasteiger partial charge on any atom is 0.256 e.